The van der Waals surface area contributed by atoms with E-state index >= 15 is 0 Å². The van der Waals surface area contributed by atoms with Crippen LogP contribution in [0, 0.1) is 0 Å². The van der Waals surface area contributed by atoms with Crippen molar-refractivity contribution in [1.29, 1.82) is 0 Å². The summed E-state index contributed by atoms with van der Waals surface area (Å²) in [5.41, 5.74) is 0.140. The lowest BCUT2D eigenvalue weighted by Crippen LogP contribution is -2.39. The molecule has 0 unspecified atom stereocenters. The number of thioether (sulfide) groups is 1. The molecule has 6 nitrogen and oxygen atoms in total. The molecular weight excluding hydrogens is 280 g/mol. The molecule has 0 bridgehead atoms. The number of hydrogen-bond donors (Lipinski definition) is 2. The van der Waals surface area contributed by atoms with Crippen LogP contribution in [0.3, 0.4) is 0 Å². The van der Waals surface area contributed by atoms with Gasteiger partial charge in [0.15, 0.2) is 0 Å². The molecule has 1 aromatic rings. The number of carboxylic acids is 1. The predicted octanol–water partition coefficient (Wildman–Crippen LogP) is 1.17. The fraction of sp³-hybridized carbons (Fsp3) is 0.462. The first-order valence-electron chi connectivity index (χ1n) is 6.34. The highest BCUT2D eigenvalue weighted by molar-refractivity contribution is 7.99. The second-order valence-corrected chi connectivity index (χ2v) is 5.43. The van der Waals surface area contributed by atoms with Gasteiger partial charge in [-0.05, 0) is 25.0 Å². The Morgan fingerprint density at radius 1 is 1.40 bits per heavy atom. The second-order valence-electron chi connectivity index (χ2n) is 4.43. The Hall–Kier alpha value is -1.60. The van der Waals surface area contributed by atoms with Crippen molar-refractivity contribution in [2.24, 2.45) is 0 Å². The second kappa shape index (κ2) is 7.25. The normalized spacial score (nSPS) is 15.8. The van der Waals surface area contributed by atoms with Crippen LogP contribution in [-0.2, 0) is 9.53 Å². The van der Waals surface area contributed by atoms with Gasteiger partial charge in [-0.15, -0.1) is 0 Å². The molecule has 1 amide bonds. The smallest absolute Gasteiger partial charge is 0.337 e. The highest BCUT2D eigenvalue weighted by Gasteiger charge is 2.16. The van der Waals surface area contributed by atoms with Crippen LogP contribution in [0.15, 0.2) is 23.4 Å². The van der Waals surface area contributed by atoms with Crippen molar-refractivity contribution in [1.82, 2.24) is 10.3 Å². The number of amides is 1. The molecule has 1 aliphatic heterocycles. The molecule has 0 saturated carbocycles. The summed E-state index contributed by atoms with van der Waals surface area (Å²) < 4.78 is 5.23. The molecule has 7 heteroatoms. The van der Waals surface area contributed by atoms with E-state index in [1.54, 1.807) is 6.07 Å². The van der Waals surface area contributed by atoms with E-state index in [9.17, 15) is 9.59 Å². The maximum atomic E-state index is 11.8. The van der Waals surface area contributed by atoms with Gasteiger partial charge in [0, 0.05) is 25.5 Å². The van der Waals surface area contributed by atoms with Crippen LogP contribution in [0.5, 0.6) is 0 Å². The molecule has 1 aromatic heterocycles. The van der Waals surface area contributed by atoms with Gasteiger partial charge in [0.25, 0.3) is 0 Å². The van der Waals surface area contributed by atoms with E-state index < -0.39 is 5.97 Å². The highest BCUT2D eigenvalue weighted by atomic mass is 32.2. The summed E-state index contributed by atoms with van der Waals surface area (Å²) in [5.74, 6) is -0.770. The number of pyridine rings is 1. The zero-order valence-corrected chi connectivity index (χ0v) is 11.7. The Morgan fingerprint density at radius 3 is 2.75 bits per heavy atom. The summed E-state index contributed by atoms with van der Waals surface area (Å²) >= 11 is 1.29. The zero-order chi connectivity index (χ0) is 14.4. The number of carbonyl (C=O) groups excluding carboxylic acids is 1. The average Bonchev–Trinajstić information content (AvgIpc) is 2.46. The maximum Gasteiger partial charge on any atom is 0.337 e. The number of carbonyl (C=O) groups is 2. The van der Waals surface area contributed by atoms with Gasteiger partial charge in [-0.1, -0.05) is 11.8 Å². The predicted molar refractivity (Wildman–Crippen MR) is 73.9 cm³/mol. The topological polar surface area (TPSA) is 88.5 Å². The fourth-order valence-corrected chi connectivity index (χ4v) is 2.50. The third kappa shape index (κ3) is 4.50. The molecule has 2 heterocycles. The van der Waals surface area contributed by atoms with E-state index in [1.807, 2.05) is 0 Å². The summed E-state index contributed by atoms with van der Waals surface area (Å²) in [6.45, 7) is 1.38. The van der Waals surface area contributed by atoms with Crippen LogP contribution >= 0.6 is 11.8 Å². The first kappa shape index (κ1) is 14.8. The third-order valence-electron chi connectivity index (χ3n) is 2.92. The van der Waals surface area contributed by atoms with Crippen molar-refractivity contribution < 1.29 is 19.4 Å². The first-order chi connectivity index (χ1) is 9.65. The molecule has 2 rings (SSSR count). The van der Waals surface area contributed by atoms with Crippen LogP contribution in [0.1, 0.15) is 23.2 Å². The van der Waals surface area contributed by atoms with Crippen LogP contribution in [0.2, 0.25) is 0 Å². The molecular formula is C13H16N2O4S. The van der Waals surface area contributed by atoms with Gasteiger partial charge in [-0.3, -0.25) is 4.79 Å². The lowest BCUT2D eigenvalue weighted by atomic mass is 10.1. The maximum absolute atomic E-state index is 11.8. The van der Waals surface area contributed by atoms with Crippen molar-refractivity contribution in [2.45, 2.75) is 23.9 Å². The van der Waals surface area contributed by atoms with E-state index in [4.69, 9.17) is 9.84 Å². The number of nitrogens with one attached hydrogen (secondary N) is 1. The lowest BCUT2D eigenvalue weighted by Gasteiger charge is -2.22. The molecule has 20 heavy (non-hydrogen) atoms. The Morgan fingerprint density at radius 2 is 2.15 bits per heavy atom. The number of hydrogen-bond acceptors (Lipinski definition) is 5. The van der Waals surface area contributed by atoms with E-state index in [0.717, 1.165) is 12.8 Å². The Balaban J connectivity index is 1.76. The molecule has 0 spiro atoms. The van der Waals surface area contributed by atoms with Crippen molar-refractivity contribution in [2.75, 3.05) is 19.0 Å². The van der Waals surface area contributed by atoms with Gasteiger partial charge in [0.05, 0.1) is 16.3 Å². The van der Waals surface area contributed by atoms with Crippen LogP contribution in [0.4, 0.5) is 0 Å². The Kier molecular flexibility index (Phi) is 5.37. The molecule has 108 valence electrons. The van der Waals surface area contributed by atoms with Crippen LogP contribution < -0.4 is 5.32 Å². The molecule has 0 atom stereocenters. The van der Waals surface area contributed by atoms with Gasteiger partial charge in [-0.2, -0.15) is 0 Å². The summed E-state index contributed by atoms with van der Waals surface area (Å²) in [7, 11) is 0. The SMILES string of the molecule is O=C(CSc1ccc(C(=O)O)cn1)NC1CCOCC1. The van der Waals surface area contributed by atoms with Crippen LogP contribution in [0.25, 0.3) is 0 Å². The number of rotatable bonds is 5. The minimum atomic E-state index is -1.01. The minimum absolute atomic E-state index is 0.0361. The van der Waals surface area contributed by atoms with Gasteiger partial charge in [0.1, 0.15) is 0 Å². The Labute approximate surface area is 120 Å². The van der Waals surface area contributed by atoms with Crippen molar-refractivity contribution in [3.8, 4) is 0 Å². The van der Waals surface area contributed by atoms with E-state index in [-0.39, 0.29) is 23.3 Å². The van der Waals surface area contributed by atoms with Crippen molar-refractivity contribution in [3.05, 3.63) is 23.9 Å². The largest absolute Gasteiger partial charge is 0.478 e. The van der Waals surface area contributed by atoms with E-state index in [2.05, 4.69) is 10.3 Å². The fourth-order valence-electron chi connectivity index (χ4n) is 1.84. The van der Waals surface area contributed by atoms with Gasteiger partial charge in [-0.25, -0.2) is 9.78 Å². The molecule has 1 fully saturated rings. The quantitative estimate of drug-likeness (QED) is 0.793. The number of nitrogens with zero attached hydrogens (tertiary/aromatic N) is 1. The number of carboxylic acid groups (broad SMARTS) is 1. The number of aromatic nitrogens is 1. The molecule has 1 aliphatic rings. The monoisotopic (exact) mass is 296 g/mol. The first-order valence-corrected chi connectivity index (χ1v) is 7.33. The summed E-state index contributed by atoms with van der Waals surface area (Å²) in [6.07, 6.45) is 2.99. The van der Waals surface area contributed by atoms with Gasteiger partial charge in [0.2, 0.25) is 5.91 Å². The number of ether oxygens (including phenoxy) is 1. The molecule has 2 N–H and O–H groups in total. The van der Waals surface area contributed by atoms with Gasteiger partial charge >= 0.3 is 5.97 Å². The Bertz CT molecular complexity index is 472. The van der Waals surface area contributed by atoms with Crippen molar-refractivity contribution >= 4 is 23.6 Å². The average molecular weight is 296 g/mol. The summed E-state index contributed by atoms with van der Waals surface area (Å²) in [5, 5.41) is 12.3. The molecule has 0 aliphatic carbocycles. The third-order valence-corrected chi connectivity index (χ3v) is 3.86. The van der Waals surface area contributed by atoms with Gasteiger partial charge < -0.3 is 15.2 Å². The molecule has 0 radical (unpaired) electrons. The zero-order valence-electron chi connectivity index (χ0n) is 10.9. The van der Waals surface area contributed by atoms with Crippen LogP contribution in [-0.4, -0.2) is 47.0 Å². The molecule has 1 saturated heterocycles. The molecule has 0 aromatic carbocycles. The highest BCUT2D eigenvalue weighted by Crippen LogP contribution is 2.15. The standard InChI is InChI=1S/C13H16N2O4S/c16-11(15-10-3-5-19-6-4-10)8-20-12-2-1-9(7-14-12)13(17)18/h1-2,7,10H,3-6,8H2,(H,15,16)(H,17,18). The van der Waals surface area contributed by atoms with Crippen molar-refractivity contribution in [3.63, 3.8) is 0 Å². The number of aromatic carboxylic acids is 1. The summed E-state index contributed by atoms with van der Waals surface area (Å²) in [6, 6.07) is 3.28. The van der Waals surface area contributed by atoms with E-state index in [0.29, 0.717) is 18.2 Å². The van der Waals surface area contributed by atoms with E-state index in [1.165, 1.54) is 24.0 Å². The summed E-state index contributed by atoms with van der Waals surface area (Å²) in [4.78, 5) is 26.4. The minimum Gasteiger partial charge on any atom is -0.478 e. The lowest BCUT2D eigenvalue weighted by molar-refractivity contribution is -0.119.